The van der Waals surface area contributed by atoms with Crippen LogP contribution in [0.1, 0.15) is 45.4 Å². The summed E-state index contributed by atoms with van der Waals surface area (Å²) in [5.74, 6) is -4.79. The van der Waals surface area contributed by atoms with Crippen molar-refractivity contribution in [2.45, 2.75) is 83.1 Å². The summed E-state index contributed by atoms with van der Waals surface area (Å²) in [7, 11) is -0.577. The van der Waals surface area contributed by atoms with Gasteiger partial charge in [-0.05, 0) is 71.8 Å². The number of likely N-dealkylation sites (tertiary alicyclic amines) is 1. The molecule has 1 amide bonds. The summed E-state index contributed by atoms with van der Waals surface area (Å²) in [5, 5.41) is 13.2. The van der Waals surface area contributed by atoms with Gasteiger partial charge in [-0.15, -0.1) is 0 Å². The topological polar surface area (TPSA) is 168 Å². The number of aliphatic hydroxyl groups is 1. The molecule has 2 aromatic rings. The predicted octanol–water partition coefficient (Wildman–Crippen LogP) is 1.46. The number of likely N-dealkylation sites (N-methyl/N-ethyl adjacent to an activating group) is 1. The van der Waals surface area contributed by atoms with Crippen LogP contribution >= 0.6 is 7.94 Å². The number of ether oxygens (including phenoxy) is 3. The van der Waals surface area contributed by atoms with E-state index in [-0.39, 0.29) is 34.9 Å². The van der Waals surface area contributed by atoms with Crippen molar-refractivity contribution in [2.24, 2.45) is 4.74 Å². The lowest BCUT2D eigenvalue weighted by Crippen LogP contribution is -2.42. The molecular formula is C28H36F2N5O8P. The molecule has 0 spiro atoms. The number of alkyl halides is 2. The minimum Gasteiger partial charge on any atom is -0.607 e. The molecule has 6 atom stereocenters. The largest absolute Gasteiger partial charge is 0.607 e. The van der Waals surface area contributed by atoms with Gasteiger partial charge < -0.3 is 29.5 Å². The smallest absolute Gasteiger partial charge is 0.351 e. The van der Waals surface area contributed by atoms with Crippen LogP contribution in [0.15, 0.2) is 40.0 Å². The number of amides is 1. The fourth-order valence-electron chi connectivity index (χ4n) is 4.85. The number of carbonyl (C=O) groups is 2. The van der Waals surface area contributed by atoms with Crippen LogP contribution < -0.4 is 25.9 Å². The van der Waals surface area contributed by atoms with Crippen LogP contribution in [0.2, 0.25) is 0 Å². The van der Waals surface area contributed by atoms with E-state index in [0.717, 1.165) is 19.2 Å². The molecule has 240 valence electrons. The number of halogens is 2. The van der Waals surface area contributed by atoms with Gasteiger partial charge in [0.05, 0.1) is 12.1 Å². The van der Waals surface area contributed by atoms with Crippen LogP contribution in [0.4, 0.5) is 14.6 Å². The second kappa shape index (κ2) is 13.7. The van der Waals surface area contributed by atoms with Crippen LogP contribution in [-0.4, -0.2) is 88.0 Å². The summed E-state index contributed by atoms with van der Waals surface area (Å²) in [6.45, 7) is 6.71. The second-order valence-electron chi connectivity index (χ2n) is 11.1. The van der Waals surface area contributed by atoms with Crippen molar-refractivity contribution < 1.29 is 42.6 Å². The Bertz CT molecular complexity index is 1470. The molecule has 0 aliphatic carbocycles. The van der Waals surface area contributed by atoms with Gasteiger partial charge in [0.15, 0.2) is 17.5 Å². The van der Waals surface area contributed by atoms with Crippen LogP contribution in [0.3, 0.4) is 0 Å². The molecule has 0 radical (unpaired) electrons. The van der Waals surface area contributed by atoms with Gasteiger partial charge >= 0.3 is 17.6 Å². The number of esters is 1. The Morgan fingerprint density at radius 3 is 2.68 bits per heavy atom. The third kappa shape index (κ3) is 7.46. The van der Waals surface area contributed by atoms with Gasteiger partial charge in [0.25, 0.3) is 0 Å². The van der Waals surface area contributed by atoms with Crippen molar-refractivity contribution in [3.8, 4) is 5.75 Å². The van der Waals surface area contributed by atoms with Crippen molar-refractivity contribution in [3.63, 3.8) is 0 Å². The average Bonchev–Trinajstić information content (AvgIpc) is 3.48. The molecule has 3 heterocycles. The first-order valence-corrected chi connectivity index (χ1v) is 15.3. The van der Waals surface area contributed by atoms with Gasteiger partial charge in [0.1, 0.15) is 24.3 Å². The predicted molar refractivity (Wildman–Crippen MR) is 154 cm³/mol. The van der Waals surface area contributed by atoms with Gasteiger partial charge in [0, 0.05) is 12.3 Å². The zero-order valence-electron chi connectivity index (χ0n) is 25.0. The third-order valence-corrected chi connectivity index (χ3v) is 8.58. The van der Waals surface area contributed by atoms with Crippen LogP contribution in [0.25, 0.3) is 0 Å². The molecule has 1 aromatic carbocycles. The van der Waals surface area contributed by atoms with E-state index in [0.29, 0.717) is 16.6 Å². The number of aryl methyl sites for hydroxylation is 1. The Labute approximate surface area is 253 Å². The zero-order chi connectivity index (χ0) is 32.3. The monoisotopic (exact) mass is 639 g/mol. The molecule has 2 aliphatic rings. The average molecular weight is 640 g/mol. The van der Waals surface area contributed by atoms with Gasteiger partial charge in [0.2, 0.25) is 20.1 Å². The van der Waals surface area contributed by atoms with E-state index in [1.165, 1.54) is 25.1 Å². The Balaban J connectivity index is 1.44. The summed E-state index contributed by atoms with van der Waals surface area (Å²) in [6, 6.07) is 4.37. The molecular weight excluding hydrogens is 603 g/mol. The summed E-state index contributed by atoms with van der Waals surface area (Å²) in [4.78, 5) is 55.6. The first kappa shape index (κ1) is 33.5. The summed E-state index contributed by atoms with van der Waals surface area (Å²) < 4.78 is 51.0. The fourth-order valence-corrected chi connectivity index (χ4v) is 5.83. The number of benzene rings is 1. The lowest BCUT2D eigenvalue weighted by Gasteiger charge is -2.21. The maximum atomic E-state index is 15.1. The van der Waals surface area contributed by atoms with Crippen LogP contribution in [0, 0.1) is 6.92 Å². The molecule has 16 heteroatoms. The highest BCUT2D eigenvalue weighted by molar-refractivity contribution is 7.48. The van der Waals surface area contributed by atoms with Crippen molar-refractivity contribution in [1.29, 1.82) is 0 Å². The fraction of sp³-hybridized carbons (Fsp3) is 0.571. The molecule has 4 rings (SSSR count). The van der Waals surface area contributed by atoms with Crippen molar-refractivity contribution in [1.82, 2.24) is 14.5 Å². The van der Waals surface area contributed by atoms with E-state index >= 15 is 8.78 Å². The Morgan fingerprint density at radius 2 is 2.05 bits per heavy atom. The minimum absolute atomic E-state index is 0.0927. The molecule has 2 N–H and O–H groups in total. The van der Waals surface area contributed by atoms with E-state index < -0.39 is 56.6 Å². The second-order valence-corrected chi connectivity index (χ2v) is 12.4. The molecule has 0 bridgehead atoms. The molecule has 13 nitrogen and oxygen atoms in total. The van der Waals surface area contributed by atoms with Gasteiger partial charge in [-0.1, -0.05) is 10.8 Å². The molecule has 1 aromatic heterocycles. The van der Waals surface area contributed by atoms with E-state index in [2.05, 4.69) is 15.0 Å². The quantitative estimate of drug-likeness (QED) is 0.287. The lowest BCUT2D eigenvalue weighted by molar-refractivity contribution is -0.155. The maximum Gasteiger partial charge on any atom is 0.351 e. The number of carbonyl (C=O) groups excluding carboxylic acids is 2. The summed E-state index contributed by atoms with van der Waals surface area (Å²) >= 11 is 0. The zero-order valence-corrected chi connectivity index (χ0v) is 25.9. The number of anilines is 1. The highest BCUT2D eigenvalue weighted by Gasteiger charge is 2.60. The van der Waals surface area contributed by atoms with Crippen LogP contribution in [0.5, 0.6) is 5.75 Å². The highest BCUT2D eigenvalue weighted by atomic mass is 31.1. The number of aromatic nitrogens is 2. The van der Waals surface area contributed by atoms with Crippen molar-refractivity contribution in [2.75, 3.05) is 25.5 Å². The molecule has 2 saturated heterocycles. The number of nitrogens with one attached hydrogen (secondary N) is 1. The molecule has 2 aliphatic heterocycles. The standard InChI is InChI=1S/C28H36F2N5O8P/c1-15(2)42-25(38)17(4)33-44(40)18-9-8-16(3)20(13-18)41-14-21-23(36)28(29,30)26(43-21)35-12-10-22(32-27(35)39)31-24(37)19-7-6-11-34(19)5/h8-10,12-13,15,17,19,21,23,26,36H,6-7,11,14H2,1-5H3,(H,31,32,37,39)/t17-,19-,21+,23+,26?/m0/s1. The lowest BCUT2D eigenvalue weighted by atomic mass is 10.1. The number of hydrogen-bond acceptors (Lipinski definition) is 11. The van der Waals surface area contributed by atoms with E-state index in [1.54, 1.807) is 33.9 Å². The maximum absolute atomic E-state index is 15.1. The van der Waals surface area contributed by atoms with Crippen molar-refractivity contribution >= 4 is 30.9 Å². The molecule has 0 saturated carbocycles. The van der Waals surface area contributed by atoms with E-state index in [1.807, 2.05) is 4.90 Å². The first-order chi connectivity index (χ1) is 20.7. The number of aliphatic hydroxyl groups excluding tert-OH is 1. The van der Waals surface area contributed by atoms with Gasteiger partial charge in [-0.25, -0.2) is 9.59 Å². The van der Waals surface area contributed by atoms with Crippen molar-refractivity contribution in [3.05, 3.63) is 46.5 Å². The normalized spacial score (nSPS) is 24.4. The van der Waals surface area contributed by atoms with E-state index in [4.69, 9.17) is 14.2 Å². The Kier molecular flexibility index (Phi) is 10.5. The summed E-state index contributed by atoms with van der Waals surface area (Å²) in [6.07, 6.45) is -3.92. The van der Waals surface area contributed by atoms with Gasteiger partial charge in [-0.2, -0.15) is 13.8 Å². The first-order valence-electron chi connectivity index (χ1n) is 14.1. The minimum atomic E-state index is -3.89. The molecule has 44 heavy (non-hydrogen) atoms. The Morgan fingerprint density at radius 1 is 1.32 bits per heavy atom. The Hall–Kier alpha value is -3.36. The highest BCUT2D eigenvalue weighted by Crippen LogP contribution is 2.42. The summed E-state index contributed by atoms with van der Waals surface area (Å²) in [5.41, 5.74) is -0.536. The van der Waals surface area contributed by atoms with Crippen LogP contribution in [-0.2, 0) is 19.1 Å². The molecule has 2 fully saturated rings. The van der Waals surface area contributed by atoms with E-state index in [9.17, 15) is 24.4 Å². The number of rotatable bonds is 10. The third-order valence-electron chi connectivity index (χ3n) is 7.30. The van der Waals surface area contributed by atoms with Gasteiger partial charge in [-0.3, -0.25) is 14.3 Å². The molecule has 2 unspecified atom stereocenters. The number of hydrogen-bond donors (Lipinski definition) is 2. The SMILES string of the molecule is Cc1ccc([P+]([O-])=N[C@@H](C)C(=O)OC(C)C)cc1OC[C@H]1OC(n2ccc(NC(=O)[C@@H]3CCCN3C)nc2=O)C(F)(F)[C@@H]1O. The number of nitrogens with zero attached hydrogens (tertiary/aromatic N) is 4.